The monoisotopic (exact) mass is 354 g/mol. The van der Waals surface area contributed by atoms with E-state index >= 15 is 0 Å². The zero-order chi connectivity index (χ0) is 18.0. The van der Waals surface area contributed by atoms with Gasteiger partial charge in [-0.15, -0.1) is 0 Å². The Morgan fingerprint density at radius 1 is 1.20 bits per heavy atom. The van der Waals surface area contributed by atoms with Crippen LogP contribution in [0.1, 0.15) is 56.1 Å². The molecule has 3 nitrogen and oxygen atoms in total. The van der Waals surface area contributed by atoms with Crippen molar-refractivity contribution in [1.82, 2.24) is 10.6 Å². The van der Waals surface area contributed by atoms with Gasteiger partial charge in [0.1, 0.15) is 0 Å². The van der Waals surface area contributed by atoms with E-state index in [1.165, 1.54) is 25.0 Å². The molecule has 4 atom stereocenters. The van der Waals surface area contributed by atoms with E-state index in [1.807, 2.05) is 6.92 Å². The molecule has 2 saturated heterocycles. The first-order valence-electron chi connectivity index (χ1n) is 9.01. The number of amides is 1. The molecule has 1 unspecified atom stereocenters. The summed E-state index contributed by atoms with van der Waals surface area (Å²) in [6.07, 6.45) is 0.674. The van der Waals surface area contributed by atoms with Crippen LogP contribution in [0.3, 0.4) is 0 Å². The van der Waals surface area contributed by atoms with Crippen molar-refractivity contribution in [2.24, 2.45) is 5.92 Å². The molecule has 1 aromatic rings. The SMILES string of the molecule is C[C@H](CC(=O)NCC1C[C@H]2CC[C@@H](C1)N2)c1ccc(C(F)(F)F)cc1. The fourth-order valence-electron chi connectivity index (χ4n) is 4.07. The Morgan fingerprint density at radius 3 is 2.36 bits per heavy atom. The lowest BCUT2D eigenvalue weighted by atomic mass is 9.92. The molecular weight excluding hydrogens is 329 g/mol. The summed E-state index contributed by atoms with van der Waals surface area (Å²) in [6.45, 7) is 2.57. The molecule has 2 N–H and O–H groups in total. The molecule has 2 bridgehead atoms. The van der Waals surface area contributed by atoms with Crippen LogP contribution in [0.15, 0.2) is 24.3 Å². The van der Waals surface area contributed by atoms with Crippen LogP contribution in [0.5, 0.6) is 0 Å². The van der Waals surface area contributed by atoms with E-state index in [-0.39, 0.29) is 11.8 Å². The van der Waals surface area contributed by atoms with Gasteiger partial charge in [0.2, 0.25) is 5.91 Å². The minimum Gasteiger partial charge on any atom is -0.356 e. The summed E-state index contributed by atoms with van der Waals surface area (Å²) in [5.41, 5.74) is 0.0940. The lowest BCUT2D eigenvalue weighted by Gasteiger charge is -2.29. The molecule has 25 heavy (non-hydrogen) atoms. The second-order valence-corrected chi connectivity index (χ2v) is 7.50. The average molecular weight is 354 g/mol. The number of rotatable bonds is 5. The third kappa shape index (κ3) is 4.75. The largest absolute Gasteiger partial charge is 0.416 e. The van der Waals surface area contributed by atoms with Crippen LogP contribution in [0, 0.1) is 5.92 Å². The molecule has 0 radical (unpaired) electrons. The average Bonchev–Trinajstić information content (AvgIpc) is 2.90. The maximum Gasteiger partial charge on any atom is 0.416 e. The Labute approximate surface area is 146 Å². The summed E-state index contributed by atoms with van der Waals surface area (Å²) in [4.78, 5) is 12.2. The maximum absolute atomic E-state index is 12.6. The van der Waals surface area contributed by atoms with Crippen LogP contribution in [0.2, 0.25) is 0 Å². The van der Waals surface area contributed by atoms with Gasteiger partial charge in [0, 0.05) is 25.0 Å². The summed E-state index contributed by atoms with van der Waals surface area (Å²) in [6, 6.07) is 6.29. The number of piperidine rings is 1. The third-order valence-corrected chi connectivity index (χ3v) is 5.46. The molecule has 2 aliphatic rings. The van der Waals surface area contributed by atoms with Gasteiger partial charge in [-0.2, -0.15) is 13.2 Å². The van der Waals surface area contributed by atoms with E-state index in [4.69, 9.17) is 0 Å². The van der Waals surface area contributed by atoms with Crippen molar-refractivity contribution in [3.05, 3.63) is 35.4 Å². The van der Waals surface area contributed by atoms with Crippen LogP contribution in [0.4, 0.5) is 13.2 Å². The van der Waals surface area contributed by atoms with Crippen LogP contribution in [0.25, 0.3) is 0 Å². The lowest BCUT2D eigenvalue weighted by molar-refractivity contribution is -0.137. The van der Waals surface area contributed by atoms with Gasteiger partial charge in [-0.1, -0.05) is 19.1 Å². The molecule has 0 saturated carbocycles. The highest BCUT2D eigenvalue weighted by Gasteiger charge is 2.33. The van der Waals surface area contributed by atoms with Gasteiger partial charge in [0.25, 0.3) is 0 Å². The molecule has 2 fully saturated rings. The lowest BCUT2D eigenvalue weighted by Crippen LogP contribution is -2.42. The molecule has 6 heteroatoms. The van der Waals surface area contributed by atoms with E-state index < -0.39 is 11.7 Å². The quantitative estimate of drug-likeness (QED) is 0.843. The summed E-state index contributed by atoms with van der Waals surface area (Å²) in [5, 5.41) is 6.59. The molecule has 2 aliphatic heterocycles. The standard InChI is InChI=1S/C19H25F3N2O/c1-12(14-2-4-15(5-3-14)19(20,21)22)8-18(25)23-11-13-9-16-6-7-17(10-13)24-16/h2-5,12-13,16-17,24H,6-11H2,1H3,(H,23,25)/t12-,13?,16-,17+/m1/s1. The smallest absolute Gasteiger partial charge is 0.356 e. The van der Waals surface area contributed by atoms with Gasteiger partial charge < -0.3 is 10.6 Å². The molecule has 3 rings (SSSR count). The highest BCUT2D eigenvalue weighted by Crippen LogP contribution is 2.31. The number of hydrogen-bond donors (Lipinski definition) is 2. The molecule has 1 aromatic carbocycles. The Balaban J connectivity index is 1.45. The summed E-state index contributed by atoms with van der Waals surface area (Å²) in [7, 11) is 0. The number of alkyl halides is 3. The van der Waals surface area contributed by atoms with E-state index in [0.717, 1.165) is 30.5 Å². The van der Waals surface area contributed by atoms with E-state index in [9.17, 15) is 18.0 Å². The number of carbonyl (C=O) groups is 1. The minimum atomic E-state index is -4.33. The number of carbonyl (C=O) groups excluding carboxylic acids is 1. The molecule has 0 spiro atoms. The van der Waals surface area contributed by atoms with Crippen molar-refractivity contribution in [1.29, 1.82) is 0 Å². The van der Waals surface area contributed by atoms with Gasteiger partial charge in [0.15, 0.2) is 0 Å². The number of fused-ring (bicyclic) bond motifs is 2. The second-order valence-electron chi connectivity index (χ2n) is 7.50. The van der Waals surface area contributed by atoms with E-state index in [2.05, 4.69) is 10.6 Å². The van der Waals surface area contributed by atoms with Crippen molar-refractivity contribution in [2.45, 2.75) is 63.2 Å². The van der Waals surface area contributed by atoms with E-state index in [0.29, 0.717) is 31.0 Å². The fraction of sp³-hybridized carbons (Fsp3) is 0.632. The Kier molecular flexibility index (Phi) is 5.37. The molecule has 0 aliphatic carbocycles. The van der Waals surface area contributed by atoms with Crippen molar-refractivity contribution < 1.29 is 18.0 Å². The van der Waals surface area contributed by atoms with Crippen molar-refractivity contribution in [2.75, 3.05) is 6.54 Å². The number of halogens is 3. The highest BCUT2D eigenvalue weighted by molar-refractivity contribution is 5.76. The predicted molar refractivity (Wildman–Crippen MR) is 90.2 cm³/mol. The summed E-state index contributed by atoms with van der Waals surface area (Å²) in [5.74, 6) is 0.397. The highest BCUT2D eigenvalue weighted by atomic mass is 19.4. The van der Waals surface area contributed by atoms with Gasteiger partial charge in [-0.05, 0) is 55.2 Å². The zero-order valence-electron chi connectivity index (χ0n) is 14.4. The van der Waals surface area contributed by atoms with Gasteiger partial charge >= 0.3 is 6.18 Å². The second kappa shape index (κ2) is 7.36. The topological polar surface area (TPSA) is 41.1 Å². The molecule has 0 aromatic heterocycles. The first kappa shape index (κ1) is 18.2. The van der Waals surface area contributed by atoms with Crippen molar-refractivity contribution in [3.8, 4) is 0 Å². The molecule has 1 amide bonds. The third-order valence-electron chi connectivity index (χ3n) is 5.46. The first-order chi connectivity index (χ1) is 11.8. The van der Waals surface area contributed by atoms with Gasteiger partial charge in [-0.25, -0.2) is 0 Å². The Hall–Kier alpha value is -1.56. The van der Waals surface area contributed by atoms with Gasteiger partial charge in [0.05, 0.1) is 5.56 Å². The maximum atomic E-state index is 12.6. The van der Waals surface area contributed by atoms with Crippen LogP contribution in [-0.2, 0) is 11.0 Å². The normalized spacial score (nSPS) is 27.1. The minimum absolute atomic E-state index is 0.0294. The van der Waals surface area contributed by atoms with Crippen molar-refractivity contribution >= 4 is 5.91 Å². The fourth-order valence-corrected chi connectivity index (χ4v) is 4.07. The Bertz CT molecular complexity index is 588. The van der Waals surface area contributed by atoms with Crippen LogP contribution < -0.4 is 10.6 Å². The van der Waals surface area contributed by atoms with Crippen LogP contribution in [-0.4, -0.2) is 24.5 Å². The number of benzene rings is 1. The first-order valence-corrected chi connectivity index (χ1v) is 9.01. The number of nitrogens with one attached hydrogen (secondary N) is 2. The molecule has 2 heterocycles. The van der Waals surface area contributed by atoms with Crippen LogP contribution >= 0.6 is 0 Å². The molecule has 138 valence electrons. The summed E-state index contributed by atoms with van der Waals surface area (Å²) >= 11 is 0. The van der Waals surface area contributed by atoms with Gasteiger partial charge in [-0.3, -0.25) is 4.79 Å². The predicted octanol–water partition coefficient (Wildman–Crippen LogP) is 3.85. The van der Waals surface area contributed by atoms with Crippen molar-refractivity contribution in [3.63, 3.8) is 0 Å². The van der Waals surface area contributed by atoms with E-state index in [1.54, 1.807) is 0 Å². The number of hydrogen-bond acceptors (Lipinski definition) is 2. The zero-order valence-corrected chi connectivity index (χ0v) is 14.4. The molecular formula is C19H25F3N2O. The Morgan fingerprint density at radius 2 is 1.80 bits per heavy atom. The summed E-state index contributed by atoms with van der Waals surface area (Å²) < 4.78 is 37.8.